The van der Waals surface area contributed by atoms with E-state index < -0.39 is 0 Å². The lowest BCUT2D eigenvalue weighted by Crippen LogP contribution is -2.46. The van der Waals surface area contributed by atoms with E-state index in [2.05, 4.69) is 51.5 Å². The van der Waals surface area contributed by atoms with Crippen molar-refractivity contribution in [2.24, 2.45) is 5.41 Å². The van der Waals surface area contributed by atoms with Crippen molar-refractivity contribution >= 4 is 29.8 Å². The van der Waals surface area contributed by atoms with E-state index >= 15 is 0 Å². The smallest absolute Gasteiger partial charge is 0.337 e. The van der Waals surface area contributed by atoms with Crippen LogP contribution in [0.2, 0.25) is 0 Å². The van der Waals surface area contributed by atoms with Crippen LogP contribution in [0.15, 0.2) is 77.7 Å². The molecule has 45 heavy (non-hydrogen) atoms. The second-order valence-corrected chi connectivity index (χ2v) is 13.5. The number of methoxy groups -OCH3 is 1. The second-order valence-electron chi connectivity index (χ2n) is 12.6. The van der Waals surface area contributed by atoms with Crippen molar-refractivity contribution in [3.63, 3.8) is 0 Å². The van der Waals surface area contributed by atoms with Gasteiger partial charge in [-0.2, -0.15) is 4.98 Å². The van der Waals surface area contributed by atoms with E-state index in [0.717, 1.165) is 32.8 Å². The molecule has 1 N–H and O–H groups in total. The van der Waals surface area contributed by atoms with Crippen molar-refractivity contribution in [2.45, 2.75) is 58.4 Å². The average Bonchev–Trinajstić information content (AvgIpc) is 3.01. The van der Waals surface area contributed by atoms with E-state index in [0.29, 0.717) is 42.3 Å². The number of nitrogens with one attached hydrogen (secondary N) is 1. The Hall–Kier alpha value is -4.37. The number of esters is 1. The summed E-state index contributed by atoms with van der Waals surface area (Å²) in [5, 5.41) is 0. The van der Waals surface area contributed by atoms with Gasteiger partial charge in [0.2, 0.25) is 11.8 Å². The van der Waals surface area contributed by atoms with E-state index in [1.54, 1.807) is 12.1 Å². The Morgan fingerprint density at radius 3 is 2.42 bits per heavy atom. The van der Waals surface area contributed by atoms with Crippen LogP contribution < -0.4 is 9.46 Å². The summed E-state index contributed by atoms with van der Waals surface area (Å²) in [5.41, 5.74) is 6.08. The molecule has 1 aliphatic heterocycles. The van der Waals surface area contributed by atoms with Crippen LogP contribution in [0, 0.1) is 19.3 Å². The number of ether oxygens (including phenoxy) is 2. The molecule has 4 bridgehead atoms. The van der Waals surface area contributed by atoms with Gasteiger partial charge in [0.1, 0.15) is 6.61 Å². The summed E-state index contributed by atoms with van der Waals surface area (Å²) in [5.74, 6) is 0.445. The van der Waals surface area contributed by atoms with Crippen LogP contribution in [0.5, 0.6) is 5.88 Å². The van der Waals surface area contributed by atoms with E-state index in [1.807, 2.05) is 53.4 Å². The molecule has 0 saturated carbocycles. The number of carbonyl (C=O) groups is 2. The highest BCUT2D eigenvalue weighted by atomic mass is 32.2. The summed E-state index contributed by atoms with van der Waals surface area (Å²) in [6, 6.07) is 22.8. The van der Waals surface area contributed by atoms with E-state index in [-0.39, 0.29) is 29.9 Å². The monoisotopic (exact) mass is 624 g/mol. The third-order valence-electron chi connectivity index (χ3n) is 7.77. The molecule has 4 aromatic rings. The number of hydrogen-bond acceptors (Lipinski definition) is 8. The van der Waals surface area contributed by atoms with Crippen LogP contribution in [0.1, 0.15) is 64.6 Å². The normalized spacial score (nSPS) is 15.2. The lowest BCUT2D eigenvalue weighted by molar-refractivity contribution is 0.0540. The molecule has 234 valence electrons. The maximum Gasteiger partial charge on any atom is 0.337 e. The highest BCUT2D eigenvalue weighted by Gasteiger charge is 2.30. The van der Waals surface area contributed by atoms with Crippen molar-refractivity contribution < 1.29 is 19.1 Å². The van der Waals surface area contributed by atoms with Crippen LogP contribution >= 0.6 is 11.9 Å². The molecule has 0 aliphatic carbocycles. The fourth-order valence-electron chi connectivity index (χ4n) is 5.63. The molecule has 1 aromatic heterocycles. The second kappa shape index (κ2) is 13.7. The SMILES string of the molecule is COC(=O)c1ccc(CCN2C(=O)c3cccc(c3)SNc3nc(cc(-c4c(C)cccc4C)n3)OC[C@H]2CC(C)(C)C)cc1. The summed E-state index contributed by atoms with van der Waals surface area (Å²) in [7, 11) is 1.37. The number of nitrogens with zero attached hydrogens (tertiary/aromatic N) is 3. The Morgan fingerprint density at radius 2 is 1.73 bits per heavy atom. The molecular formula is C36H40N4O4S. The van der Waals surface area contributed by atoms with Crippen molar-refractivity contribution in [3.05, 3.63) is 101 Å². The van der Waals surface area contributed by atoms with Crippen LogP contribution in [0.3, 0.4) is 0 Å². The Morgan fingerprint density at radius 1 is 1.02 bits per heavy atom. The van der Waals surface area contributed by atoms with Gasteiger partial charge in [-0.1, -0.05) is 57.2 Å². The summed E-state index contributed by atoms with van der Waals surface area (Å²) >= 11 is 1.36. The van der Waals surface area contributed by atoms with Gasteiger partial charge in [-0.25, -0.2) is 9.78 Å². The van der Waals surface area contributed by atoms with Gasteiger partial charge in [-0.15, -0.1) is 0 Å². The first-order valence-electron chi connectivity index (χ1n) is 15.1. The van der Waals surface area contributed by atoms with Crippen molar-refractivity contribution in [2.75, 3.05) is 25.0 Å². The Bertz CT molecular complexity index is 1660. The lowest BCUT2D eigenvalue weighted by atomic mass is 9.87. The molecule has 1 aliphatic rings. The summed E-state index contributed by atoms with van der Waals surface area (Å²) in [6.45, 7) is 11.4. The third kappa shape index (κ3) is 8.02. The van der Waals surface area contributed by atoms with E-state index in [4.69, 9.17) is 19.4 Å². The van der Waals surface area contributed by atoms with Crippen LogP contribution in [-0.4, -0.2) is 53.0 Å². The minimum Gasteiger partial charge on any atom is -0.475 e. The fraction of sp³-hybridized carbons (Fsp3) is 0.333. The third-order valence-corrected chi connectivity index (χ3v) is 8.54. The largest absolute Gasteiger partial charge is 0.475 e. The molecule has 1 atom stereocenters. The number of amides is 1. The number of fused-ring (bicyclic) bond motifs is 4. The summed E-state index contributed by atoms with van der Waals surface area (Å²) in [4.78, 5) is 38.6. The van der Waals surface area contributed by atoms with Crippen LogP contribution in [-0.2, 0) is 11.2 Å². The first-order valence-corrected chi connectivity index (χ1v) is 15.9. The predicted octanol–water partition coefficient (Wildman–Crippen LogP) is 7.55. The Kier molecular flexibility index (Phi) is 9.77. The number of rotatable bonds is 6. The van der Waals surface area contributed by atoms with Crippen molar-refractivity contribution in [1.29, 1.82) is 0 Å². The van der Waals surface area contributed by atoms with E-state index in [9.17, 15) is 9.59 Å². The number of anilines is 1. The van der Waals surface area contributed by atoms with Crippen molar-refractivity contribution in [3.8, 4) is 17.1 Å². The number of hydrogen-bond donors (Lipinski definition) is 1. The van der Waals surface area contributed by atoms with Gasteiger partial charge in [0.15, 0.2) is 0 Å². The molecule has 0 radical (unpaired) electrons. The number of carbonyl (C=O) groups excluding carboxylic acids is 2. The number of aryl methyl sites for hydroxylation is 2. The van der Waals surface area contributed by atoms with Gasteiger partial charge >= 0.3 is 5.97 Å². The average molecular weight is 625 g/mol. The van der Waals surface area contributed by atoms with Gasteiger partial charge in [-0.05, 0) is 91.1 Å². The molecule has 2 heterocycles. The molecular weight excluding hydrogens is 584 g/mol. The molecule has 1 amide bonds. The maximum atomic E-state index is 14.3. The predicted molar refractivity (Wildman–Crippen MR) is 179 cm³/mol. The van der Waals surface area contributed by atoms with Gasteiger partial charge in [0, 0.05) is 28.6 Å². The number of benzene rings is 3. The van der Waals surface area contributed by atoms with Crippen molar-refractivity contribution in [1.82, 2.24) is 14.9 Å². The topological polar surface area (TPSA) is 93.7 Å². The zero-order valence-corrected chi connectivity index (χ0v) is 27.5. The zero-order chi connectivity index (χ0) is 32.1. The molecule has 0 saturated heterocycles. The van der Waals surface area contributed by atoms with Gasteiger partial charge in [0.05, 0.1) is 24.4 Å². The fourth-order valence-corrected chi connectivity index (χ4v) is 6.26. The Balaban J connectivity index is 1.53. The lowest BCUT2D eigenvalue weighted by Gasteiger charge is -2.36. The first-order chi connectivity index (χ1) is 21.5. The summed E-state index contributed by atoms with van der Waals surface area (Å²) in [6.07, 6.45) is 1.33. The minimum atomic E-state index is -0.376. The van der Waals surface area contributed by atoms with Gasteiger partial charge in [0.25, 0.3) is 5.91 Å². The Labute approximate surface area is 269 Å². The van der Waals surface area contributed by atoms with Crippen LogP contribution in [0.4, 0.5) is 5.95 Å². The standard InChI is InChI=1S/C36H40N4O4S/c1-23-9-7-10-24(2)32(23)30-20-31-38-35(37-30)39-45-29-12-8-11-27(19-29)33(41)40(28(22-44-31)21-36(3,4)5)18-17-25-13-15-26(16-14-25)34(42)43-6/h7-16,19-20,28H,17-18,21-22H2,1-6H3,(H,37,38,39)/t28-/m1/s1. The molecule has 0 unspecified atom stereocenters. The molecule has 3 aromatic carbocycles. The highest BCUT2D eigenvalue weighted by Crippen LogP contribution is 2.32. The molecule has 0 spiro atoms. The number of aromatic nitrogens is 2. The highest BCUT2D eigenvalue weighted by molar-refractivity contribution is 8.00. The van der Waals surface area contributed by atoms with Crippen LogP contribution in [0.25, 0.3) is 11.3 Å². The maximum absolute atomic E-state index is 14.3. The molecule has 8 nitrogen and oxygen atoms in total. The van der Waals surface area contributed by atoms with E-state index in [1.165, 1.54) is 19.1 Å². The molecule has 5 rings (SSSR count). The summed E-state index contributed by atoms with van der Waals surface area (Å²) < 4.78 is 14.6. The first kappa shape index (κ1) is 32.0. The molecule has 9 heteroatoms. The zero-order valence-electron chi connectivity index (χ0n) is 26.7. The minimum absolute atomic E-state index is 0.0604. The quantitative estimate of drug-likeness (QED) is 0.174. The van der Waals surface area contributed by atoms with Gasteiger partial charge in [-0.3, -0.25) is 9.52 Å². The molecule has 0 fully saturated rings. The van der Waals surface area contributed by atoms with Gasteiger partial charge < -0.3 is 14.4 Å².